The van der Waals surface area contributed by atoms with Crippen molar-refractivity contribution < 1.29 is 27.5 Å². The smallest absolute Gasteiger partial charge is 0.416 e. The zero-order chi connectivity index (χ0) is 21.7. The van der Waals surface area contributed by atoms with E-state index < -0.39 is 23.6 Å². The zero-order valence-corrected chi connectivity index (χ0v) is 15.7. The lowest BCUT2D eigenvalue weighted by molar-refractivity contribution is -0.137. The molecule has 0 saturated heterocycles. The van der Waals surface area contributed by atoms with Crippen molar-refractivity contribution >= 4 is 17.6 Å². The van der Waals surface area contributed by atoms with Crippen LogP contribution in [0.3, 0.4) is 0 Å². The van der Waals surface area contributed by atoms with Crippen molar-refractivity contribution in [2.75, 3.05) is 11.9 Å². The molecule has 1 N–H and O–H groups in total. The molecule has 8 nitrogen and oxygen atoms in total. The summed E-state index contributed by atoms with van der Waals surface area (Å²) >= 11 is 0. The number of carbonyl (C=O) groups is 2. The number of ether oxygens (including phenoxy) is 1. The minimum Gasteiger partial charge on any atom is -0.462 e. The van der Waals surface area contributed by atoms with Gasteiger partial charge < -0.3 is 10.1 Å². The Balaban J connectivity index is 1.63. The molecule has 0 saturated carbocycles. The van der Waals surface area contributed by atoms with E-state index >= 15 is 0 Å². The topological polar surface area (TPSA) is 99.0 Å². The van der Waals surface area contributed by atoms with E-state index in [4.69, 9.17) is 4.74 Å². The molecule has 156 valence electrons. The number of anilines is 1. The fourth-order valence-corrected chi connectivity index (χ4v) is 2.49. The lowest BCUT2D eigenvalue weighted by atomic mass is 10.1. The van der Waals surface area contributed by atoms with E-state index in [0.717, 1.165) is 16.9 Å². The van der Waals surface area contributed by atoms with Crippen molar-refractivity contribution in [1.29, 1.82) is 0 Å². The molecule has 0 aliphatic carbocycles. The number of amides is 1. The fraction of sp³-hybridized carbons (Fsp3) is 0.211. The number of hydrogen-bond donors (Lipinski definition) is 1. The molecule has 0 aliphatic heterocycles. The van der Waals surface area contributed by atoms with E-state index in [0.29, 0.717) is 11.3 Å². The van der Waals surface area contributed by atoms with Crippen LogP contribution in [0.2, 0.25) is 0 Å². The van der Waals surface area contributed by atoms with Crippen molar-refractivity contribution in [3.8, 4) is 11.4 Å². The number of nitrogens with one attached hydrogen (secondary N) is 1. The first-order chi connectivity index (χ1) is 14.3. The summed E-state index contributed by atoms with van der Waals surface area (Å²) in [5.74, 6) is -0.983. The molecule has 0 unspecified atom stereocenters. The first-order valence-corrected chi connectivity index (χ1v) is 8.78. The third-order valence-corrected chi connectivity index (χ3v) is 3.87. The number of benzene rings is 2. The van der Waals surface area contributed by atoms with Crippen molar-refractivity contribution in [2.24, 2.45) is 0 Å². The number of aromatic nitrogens is 4. The van der Waals surface area contributed by atoms with Crippen LogP contribution >= 0.6 is 0 Å². The SMILES string of the molecule is CCOC(=O)c1ccc(NC(=O)Cn2nnc(-c3cccc(C(F)(F)F)c3)n2)cc1. The average Bonchev–Trinajstić information content (AvgIpc) is 3.16. The maximum absolute atomic E-state index is 12.8. The second kappa shape index (κ2) is 8.72. The Kier molecular flexibility index (Phi) is 6.09. The summed E-state index contributed by atoms with van der Waals surface area (Å²) in [6, 6.07) is 10.6. The van der Waals surface area contributed by atoms with Crippen LogP contribution in [0, 0.1) is 0 Å². The molecule has 30 heavy (non-hydrogen) atoms. The molecule has 0 aliphatic rings. The van der Waals surface area contributed by atoms with Crippen molar-refractivity contribution in [2.45, 2.75) is 19.6 Å². The Labute approximate surface area is 168 Å². The zero-order valence-electron chi connectivity index (χ0n) is 15.7. The number of rotatable bonds is 6. The molecule has 0 bridgehead atoms. The van der Waals surface area contributed by atoms with Crippen LogP contribution in [0.1, 0.15) is 22.8 Å². The minimum absolute atomic E-state index is 0.0345. The maximum Gasteiger partial charge on any atom is 0.416 e. The summed E-state index contributed by atoms with van der Waals surface area (Å²) in [6.07, 6.45) is -4.49. The first-order valence-electron chi connectivity index (χ1n) is 8.78. The highest BCUT2D eigenvalue weighted by Crippen LogP contribution is 2.31. The van der Waals surface area contributed by atoms with Gasteiger partial charge in [0.05, 0.1) is 17.7 Å². The number of esters is 1. The van der Waals surface area contributed by atoms with E-state index in [-0.39, 0.29) is 24.5 Å². The van der Waals surface area contributed by atoms with E-state index in [9.17, 15) is 22.8 Å². The number of alkyl halides is 3. The number of tetrazole rings is 1. The van der Waals surface area contributed by atoms with Gasteiger partial charge in [0.1, 0.15) is 6.54 Å². The summed E-state index contributed by atoms with van der Waals surface area (Å²) in [4.78, 5) is 24.7. The summed E-state index contributed by atoms with van der Waals surface area (Å²) in [7, 11) is 0. The Morgan fingerprint density at radius 3 is 2.53 bits per heavy atom. The quantitative estimate of drug-likeness (QED) is 0.616. The molecular weight excluding hydrogens is 403 g/mol. The van der Waals surface area contributed by atoms with Gasteiger partial charge in [0.2, 0.25) is 11.7 Å². The van der Waals surface area contributed by atoms with Crippen LogP contribution in [0.5, 0.6) is 0 Å². The van der Waals surface area contributed by atoms with Gasteiger partial charge in [0.25, 0.3) is 0 Å². The molecule has 1 aromatic heterocycles. The van der Waals surface area contributed by atoms with Gasteiger partial charge in [-0.2, -0.15) is 18.0 Å². The summed E-state index contributed by atoms with van der Waals surface area (Å²) in [5, 5.41) is 13.9. The van der Waals surface area contributed by atoms with Gasteiger partial charge in [0.15, 0.2) is 0 Å². The van der Waals surface area contributed by atoms with Crippen LogP contribution in [0.15, 0.2) is 48.5 Å². The van der Waals surface area contributed by atoms with E-state index in [1.54, 1.807) is 6.92 Å². The molecule has 0 radical (unpaired) electrons. The lowest BCUT2D eigenvalue weighted by Crippen LogP contribution is -2.20. The van der Waals surface area contributed by atoms with Gasteiger partial charge in [-0.05, 0) is 48.5 Å². The Hall–Kier alpha value is -3.76. The molecule has 0 fully saturated rings. The molecule has 0 spiro atoms. The number of halogens is 3. The molecule has 3 rings (SSSR count). The highest BCUT2D eigenvalue weighted by atomic mass is 19.4. The van der Waals surface area contributed by atoms with E-state index in [1.807, 2.05) is 0 Å². The number of carbonyl (C=O) groups excluding carboxylic acids is 2. The molecule has 11 heteroatoms. The Morgan fingerprint density at radius 2 is 1.87 bits per heavy atom. The van der Waals surface area contributed by atoms with Gasteiger partial charge in [0, 0.05) is 11.3 Å². The van der Waals surface area contributed by atoms with Crippen LogP contribution < -0.4 is 5.32 Å². The molecule has 3 aromatic rings. The monoisotopic (exact) mass is 419 g/mol. The predicted molar refractivity (Wildman–Crippen MR) is 99.3 cm³/mol. The largest absolute Gasteiger partial charge is 0.462 e. The van der Waals surface area contributed by atoms with Gasteiger partial charge in [-0.25, -0.2) is 4.79 Å². The average molecular weight is 419 g/mol. The van der Waals surface area contributed by atoms with E-state index in [1.165, 1.54) is 36.4 Å². The highest BCUT2D eigenvalue weighted by Gasteiger charge is 2.30. The van der Waals surface area contributed by atoms with Gasteiger partial charge in [-0.1, -0.05) is 12.1 Å². The third kappa shape index (κ3) is 5.19. The summed E-state index contributed by atoms with van der Waals surface area (Å²) in [6.45, 7) is 1.65. The van der Waals surface area contributed by atoms with Crippen molar-refractivity contribution in [1.82, 2.24) is 20.2 Å². The first kappa shape index (κ1) is 21.0. The summed E-state index contributed by atoms with van der Waals surface area (Å²) < 4.78 is 43.4. The van der Waals surface area contributed by atoms with Crippen LogP contribution in [-0.4, -0.2) is 38.7 Å². The number of hydrogen-bond acceptors (Lipinski definition) is 6. The Bertz CT molecular complexity index is 1050. The van der Waals surface area contributed by atoms with Crippen LogP contribution in [-0.2, 0) is 22.3 Å². The van der Waals surface area contributed by atoms with Gasteiger partial charge >= 0.3 is 12.1 Å². The molecular formula is C19H16F3N5O3. The summed E-state index contributed by atoms with van der Waals surface area (Å²) in [5.41, 5.74) is 0.0798. The molecule has 2 aromatic carbocycles. The van der Waals surface area contributed by atoms with Gasteiger partial charge in [-0.3, -0.25) is 4.79 Å². The predicted octanol–water partition coefficient (Wildman–Crippen LogP) is 3.17. The Morgan fingerprint density at radius 1 is 1.13 bits per heavy atom. The second-order valence-corrected chi connectivity index (χ2v) is 6.07. The molecule has 1 heterocycles. The lowest BCUT2D eigenvalue weighted by Gasteiger charge is -2.07. The normalized spacial score (nSPS) is 11.2. The van der Waals surface area contributed by atoms with Gasteiger partial charge in [-0.15, -0.1) is 10.2 Å². The van der Waals surface area contributed by atoms with E-state index in [2.05, 4.69) is 20.7 Å². The maximum atomic E-state index is 12.8. The fourth-order valence-electron chi connectivity index (χ4n) is 2.49. The van der Waals surface area contributed by atoms with Crippen molar-refractivity contribution in [3.05, 3.63) is 59.7 Å². The third-order valence-electron chi connectivity index (χ3n) is 3.87. The minimum atomic E-state index is -4.49. The van der Waals surface area contributed by atoms with Crippen molar-refractivity contribution in [3.63, 3.8) is 0 Å². The standard InChI is InChI=1S/C19H16F3N5O3/c1-2-30-18(29)12-6-8-15(9-7-12)23-16(28)11-27-25-17(24-26-27)13-4-3-5-14(10-13)19(20,21)22/h3-10H,2,11H2,1H3,(H,23,28). The second-order valence-electron chi connectivity index (χ2n) is 6.07. The molecule has 1 amide bonds. The molecule has 0 atom stereocenters. The number of nitrogens with zero attached hydrogens (tertiary/aromatic N) is 4. The van der Waals surface area contributed by atoms with Crippen LogP contribution in [0.4, 0.5) is 18.9 Å². The highest BCUT2D eigenvalue weighted by molar-refractivity contribution is 5.92. The van der Waals surface area contributed by atoms with Crippen LogP contribution in [0.25, 0.3) is 11.4 Å².